The van der Waals surface area contributed by atoms with Gasteiger partial charge in [-0.2, -0.15) is 0 Å². The van der Waals surface area contributed by atoms with Crippen LogP contribution in [-0.2, 0) is 6.54 Å². The SMILES string of the molecule is Oc1c(Br)cccc1CNc1ccc2c(c1)OCO2. The van der Waals surface area contributed by atoms with Gasteiger partial charge in [-0.3, -0.25) is 0 Å². The Kier molecular flexibility index (Phi) is 3.21. The highest BCUT2D eigenvalue weighted by atomic mass is 79.9. The largest absolute Gasteiger partial charge is 0.506 e. The lowest BCUT2D eigenvalue weighted by Crippen LogP contribution is -1.99. The van der Waals surface area contributed by atoms with Crippen LogP contribution in [0.25, 0.3) is 0 Å². The molecule has 0 bridgehead atoms. The molecule has 0 atom stereocenters. The Morgan fingerprint density at radius 3 is 2.89 bits per heavy atom. The number of anilines is 1. The predicted molar refractivity (Wildman–Crippen MR) is 75.7 cm³/mol. The zero-order chi connectivity index (χ0) is 13.2. The molecule has 1 aliphatic heterocycles. The number of phenols is 1. The molecule has 4 nitrogen and oxygen atoms in total. The van der Waals surface area contributed by atoms with Gasteiger partial charge in [-0.15, -0.1) is 0 Å². The van der Waals surface area contributed by atoms with E-state index in [0.29, 0.717) is 11.0 Å². The van der Waals surface area contributed by atoms with Gasteiger partial charge in [0.05, 0.1) is 4.47 Å². The lowest BCUT2D eigenvalue weighted by molar-refractivity contribution is 0.174. The maximum atomic E-state index is 9.90. The van der Waals surface area contributed by atoms with Gasteiger partial charge in [0.15, 0.2) is 11.5 Å². The Labute approximate surface area is 119 Å². The van der Waals surface area contributed by atoms with Crippen LogP contribution >= 0.6 is 15.9 Å². The van der Waals surface area contributed by atoms with Gasteiger partial charge in [0, 0.05) is 23.9 Å². The lowest BCUT2D eigenvalue weighted by Gasteiger charge is -2.09. The van der Waals surface area contributed by atoms with Crippen LogP contribution in [0.15, 0.2) is 40.9 Å². The summed E-state index contributed by atoms with van der Waals surface area (Å²) in [5, 5.41) is 13.1. The van der Waals surface area contributed by atoms with E-state index in [0.717, 1.165) is 22.7 Å². The van der Waals surface area contributed by atoms with Crippen LogP contribution in [-0.4, -0.2) is 11.9 Å². The third kappa shape index (κ3) is 2.46. The summed E-state index contributed by atoms with van der Waals surface area (Å²) in [5.74, 6) is 1.76. The lowest BCUT2D eigenvalue weighted by atomic mass is 10.2. The first kappa shape index (κ1) is 12.2. The molecule has 0 radical (unpaired) electrons. The maximum Gasteiger partial charge on any atom is 0.231 e. The molecule has 1 heterocycles. The van der Waals surface area contributed by atoms with E-state index in [1.807, 2.05) is 30.3 Å². The molecule has 1 aliphatic rings. The molecule has 0 aliphatic carbocycles. The zero-order valence-electron chi connectivity index (χ0n) is 10.0. The monoisotopic (exact) mass is 321 g/mol. The van der Waals surface area contributed by atoms with E-state index in [4.69, 9.17) is 9.47 Å². The number of phenolic OH excluding ortho intramolecular Hbond substituents is 1. The van der Waals surface area contributed by atoms with Crippen LogP contribution in [0.5, 0.6) is 17.2 Å². The number of ether oxygens (including phenoxy) is 2. The van der Waals surface area contributed by atoms with Gasteiger partial charge in [-0.1, -0.05) is 12.1 Å². The number of nitrogens with one attached hydrogen (secondary N) is 1. The number of halogens is 1. The second-order valence-corrected chi connectivity index (χ2v) is 5.02. The quantitative estimate of drug-likeness (QED) is 0.908. The minimum Gasteiger partial charge on any atom is -0.506 e. The smallest absolute Gasteiger partial charge is 0.231 e. The van der Waals surface area contributed by atoms with Crippen LogP contribution < -0.4 is 14.8 Å². The van der Waals surface area contributed by atoms with Crippen LogP contribution in [0.4, 0.5) is 5.69 Å². The van der Waals surface area contributed by atoms with Crippen molar-refractivity contribution in [3.63, 3.8) is 0 Å². The topological polar surface area (TPSA) is 50.7 Å². The number of aromatic hydroxyl groups is 1. The third-order valence-corrected chi connectivity index (χ3v) is 3.57. The van der Waals surface area contributed by atoms with Crippen LogP contribution in [0.2, 0.25) is 0 Å². The molecular formula is C14H12BrNO3. The molecule has 98 valence electrons. The van der Waals surface area contributed by atoms with Crippen molar-refractivity contribution in [1.82, 2.24) is 0 Å². The number of fused-ring (bicyclic) bond motifs is 1. The summed E-state index contributed by atoms with van der Waals surface area (Å²) in [6.07, 6.45) is 0. The van der Waals surface area contributed by atoms with E-state index in [1.165, 1.54) is 0 Å². The van der Waals surface area contributed by atoms with Gasteiger partial charge in [0.25, 0.3) is 0 Å². The highest BCUT2D eigenvalue weighted by molar-refractivity contribution is 9.10. The molecule has 0 fully saturated rings. The molecule has 5 heteroatoms. The van der Waals surface area contributed by atoms with Crippen molar-refractivity contribution in [1.29, 1.82) is 0 Å². The predicted octanol–water partition coefficient (Wildman–Crippen LogP) is 3.50. The van der Waals surface area contributed by atoms with Gasteiger partial charge >= 0.3 is 0 Å². The van der Waals surface area contributed by atoms with E-state index in [1.54, 1.807) is 6.07 Å². The summed E-state index contributed by atoms with van der Waals surface area (Å²) < 4.78 is 11.3. The van der Waals surface area contributed by atoms with Crippen LogP contribution in [0.3, 0.4) is 0 Å². The van der Waals surface area contributed by atoms with Crippen molar-refractivity contribution in [2.75, 3.05) is 12.1 Å². The molecule has 0 unspecified atom stereocenters. The molecule has 2 aromatic carbocycles. The highest BCUT2D eigenvalue weighted by Crippen LogP contribution is 2.34. The number of hydrogen-bond donors (Lipinski definition) is 2. The summed E-state index contributed by atoms with van der Waals surface area (Å²) in [6, 6.07) is 11.2. The molecule has 3 rings (SSSR count). The average Bonchev–Trinajstić information content (AvgIpc) is 2.88. The van der Waals surface area contributed by atoms with Crippen molar-refractivity contribution in [2.24, 2.45) is 0 Å². The van der Waals surface area contributed by atoms with E-state index in [2.05, 4.69) is 21.2 Å². The first-order chi connectivity index (χ1) is 9.24. The van der Waals surface area contributed by atoms with E-state index < -0.39 is 0 Å². The molecule has 0 amide bonds. The van der Waals surface area contributed by atoms with Crippen molar-refractivity contribution in [3.05, 3.63) is 46.4 Å². The first-order valence-electron chi connectivity index (χ1n) is 5.84. The summed E-state index contributed by atoms with van der Waals surface area (Å²) in [7, 11) is 0. The molecule has 0 saturated carbocycles. The van der Waals surface area contributed by atoms with Crippen LogP contribution in [0.1, 0.15) is 5.56 Å². The average molecular weight is 322 g/mol. The number of benzene rings is 2. The number of rotatable bonds is 3. The summed E-state index contributed by atoms with van der Waals surface area (Å²) in [4.78, 5) is 0. The normalized spacial score (nSPS) is 12.5. The third-order valence-electron chi connectivity index (χ3n) is 2.93. The Bertz CT molecular complexity index is 616. The molecule has 0 spiro atoms. The summed E-state index contributed by atoms with van der Waals surface area (Å²) in [5.41, 5.74) is 1.75. The van der Waals surface area contributed by atoms with Gasteiger partial charge in [-0.25, -0.2) is 0 Å². The fraction of sp³-hybridized carbons (Fsp3) is 0.143. The summed E-state index contributed by atoms with van der Waals surface area (Å²) in [6.45, 7) is 0.802. The molecule has 2 N–H and O–H groups in total. The van der Waals surface area contributed by atoms with Gasteiger partial charge in [0.2, 0.25) is 6.79 Å². The fourth-order valence-electron chi connectivity index (χ4n) is 1.91. The molecule has 2 aromatic rings. The molecule has 0 saturated heterocycles. The first-order valence-corrected chi connectivity index (χ1v) is 6.63. The summed E-state index contributed by atoms with van der Waals surface area (Å²) >= 11 is 3.30. The highest BCUT2D eigenvalue weighted by Gasteiger charge is 2.13. The Hall–Kier alpha value is -1.88. The van der Waals surface area contributed by atoms with Gasteiger partial charge in [-0.05, 0) is 34.1 Å². The zero-order valence-corrected chi connectivity index (χ0v) is 11.6. The standard InChI is InChI=1S/C14H12BrNO3/c15-11-3-1-2-9(14(11)17)7-16-10-4-5-12-13(6-10)19-8-18-12/h1-6,16-17H,7-8H2. The molecular weight excluding hydrogens is 310 g/mol. The fourth-order valence-corrected chi connectivity index (χ4v) is 2.31. The van der Waals surface area contributed by atoms with Gasteiger partial charge in [0.1, 0.15) is 5.75 Å². The molecule has 0 aromatic heterocycles. The minimum absolute atomic E-state index is 0.260. The van der Waals surface area contributed by atoms with E-state index in [9.17, 15) is 5.11 Å². The Morgan fingerprint density at radius 2 is 2.00 bits per heavy atom. The molecule has 19 heavy (non-hydrogen) atoms. The van der Waals surface area contributed by atoms with E-state index >= 15 is 0 Å². The Morgan fingerprint density at radius 1 is 1.16 bits per heavy atom. The van der Waals surface area contributed by atoms with E-state index in [-0.39, 0.29) is 12.5 Å². The van der Waals surface area contributed by atoms with Crippen molar-refractivity contribution >= 4 is 21.6 Å². The number of para-hydroxylation sites is 1. The minimum atomic E-state index is 0.260. The van der Waals surface area contributed by atoms with Crippen molar-refractivity contribution < 1.29 is 14.6 Å². The van der Waals surface area contributed by atoms with Gasteiger partial charge < -0.3 is 19.9 Å². The van der Waals surface area contributed by atoms with Crippen molar-refractivity contribution in [3.8, 4) is 17.2 Å². The van der Waals surface area contributed by atoms with Crippen molar-refractivity contribution in [2.45, 2.75) is 6.54 Å². The van der Waals surface area contributed by atoms with Crippen LogP contribution in [0, 0.1) is 0 Å². The second-order valence-electron chi connectivity index (χ2n) is 4.17. The second kappa shape index (κ2) is 5.01. The number of hydrogen-bond acceptors (Lipinski definition) is 4. The maximum absolute atomic E-state index is 9.90. The Balaban J connectivity index is 1.74.